The molecular weight excluding hydrogens is 240 g/mol. The van der Waals surface area contributed by atoms with Gasteiger partial charge in [-0.2, -0.15) is 0 Å². The summed E-state index contributed by atoms with van der Waals surface area (Å²) in [6.07, 6.45) is 3.98. The first-order valence-corrected chi connectivity index (χ1v) is 6.72. The lowest BCUT2D eigenvalue weighted by molar-refractivity contribution is 0.565. The van der Waals surface area contributed by atoms with E-state index in [4.69, 9.17) is 11.1 Å². The summed E-state index contributed by atoms with van der Waals surface area (Å²) in [6.45, 7) is 1.90. The van der Waals surface area contributed by atoms with Crippen molar-refractivity contribution in [3.8, 4) is 0 Å². The van der Waals surface area contributed by atoms with Crippen molar-refractivity contribution in [3.63, 3.8) is 0 Å². The van der Waals surface area contributed by atoms with E-state index < -0.39 is 16.1 Å². The lowest BCUT2D eigenvalue weighted by atomic mass is 10.2. The second kappa shape index (κ2) is 5.74. The molecule has 0 radical (unpaired) electrons. The summed E-state index contributed by atoms with van der Waals surface area (Å²) in [5.41, 5.74) is 5.35. The molecule has 1 rings (SSSR count). The zero-order valence-corrected chi connectivity index (χ0v) is 10.4. The third kappa shape index (κ3) is 3.79. The van der Waals surface area contributed by atoms with Gasteiger partial charge in [0.1, 0.15) is 10.7 Å². The molecule has 1 aromatic rings. The molecule has 1 unspecified atom stereocenters. The Kier molecular flexibility index (Phi) is 4.59. The average molecular weight is 256 g/mol. The lowest BCUT2D eigenvalue weighted by Gasteiger charge is -2.16. The van der Waals surface area contributed by atoms with Crippen molar-refractivity contribution in [3.05, 3.63) is 24.5 Å². The van der Waals surface area contributed by atoms with E-state index in [1.54, 1.807) is 0 Å². The second-order valence-electron chi connectivity index (χ2n) is 3.61. The molecule has 0 spiro atoms. The number of hydrogen-bond acceptors (Lipinski definition) is 4. The molecule has 0 amide bonds. The highest BCUT2D eigenvalue weighted by Crippen LogP contribution is 2.08. The maximum Gasteiger partial charge on any atom is 0.242 e. The van der Waals surface area contributed by atoms with E-state index in [0.29, 0.717) is 6.42 Å². The summed E-state index contributed by atoms with van der Waals surface area (Å²) in [5, 5.41) is 7.33. The van der Waals surface area contributed by atoms with Crippen LogP contribution < -0.4 is 10.5 Å². The van der Waals surface area contributed by atoms with E-state index in [-0.39, 0.29) is 10.7 Å². The van der Waals surface area contributed by atoms with Crippen molar-refractivity contribution in [2.45, 2.75) is 30.7 Å². The molecular formula is C10H16N4O2S. The summed E-state index contributed by atoms with van der Waals surface area (Å²) >= 11 is 0. The molecule has 0 aromatic carbocycles. The summed E-state index contributed by atoms with van der Waals surface area (Å²) in [5.74, 6) is -0.181. The van der Waals surface area contributed by atoms with Crippen LogP contribution in [0.4, 0.5) is 0 Å². The predicted octanol–water partition coefficient (Wildman–Crippen LogP) is 0.465. The molecule has 1 heterocycles. The number of hydrogen-bond donors (Lipinski definition) is 3. The highest BCUT2D eigenvalue weighted by molar-refractivity contribution is 7.89. The third-order valence-electron chi connectivity index (χ3n) is 2.19. The zero-order valence-electron chi connectivity index (χ0n) is 9.55. The Balaban J connectivity index is 2.89. The van der Waals surface area contributed by atoms with Gasteiger partial charge in [0.05, 0.1) is 6.04 Å². The minimum Gasteiger partial charge on any atom is -0.386 e. The zero-order chi connectivity index (χ0) is 12.9. The first-order valence-electron chi connectivity index (χ1n) is 5.23. The Bertz CT molecular complexity index is 472. The normalized spacial score (nSPS) is 13.2. The van der Waals surface area contributed by atoms with Crippen LogP contribution in [-0.4, -0.2) is 25.3 Å². The summed E-state index contributed by atoms with van der Waals surface area (Å²) in [4.78, 5) is 3.82. The Morgan fingerprint density at radius 3 is 2.82 bits per heavy atom. The van der Waals surface area contributed by atoms with Crippen molar-refractivity contribution in [2.75, 3.05) is 0 Å². The van der Waals surface area contributed by atoms with Gasteiger partial charge in [-0.05, 0) is 18.6 Å². The molecule has 94 valence electrons. The van der Waals surface area contributed by atoms with Gasteiger partial charge in [0, 0.05) is 12.4 Å². The van der Waals surface area contributed by atoms with E-state index in [1.807, 2.05) is 6.92 Å². The van der Waals surface area contributed by atoms with Crippen LogP contribution in [0.3, 0.4) is 0 Å². The maximum atomic E-state index is 11.9. The molecule has 17 heavy (non-hydrogen) atoms. The first-order chi connectivity index (χ1) is 7.97. The third-order valence-corrected chi connectivity index (χ3v) is 3.65. The van der Waals surface area contributed by atoms with Crippen LogP contribution in [0.1, 0.15) is 19.8 Å². The van der Waals surface area contributed by atoms with Gasteiger partial charge in [-0.15, -0.1) is 0 Å². The van der Waals surface area contributed by atoms with Crippen molar-refractivity contribution in [1.29, 1.82) is 5.41 Å². The molecule has 1 atom stereocenters. The second-order valence-corrected chi connectivity index (χ2v) is 5.32. The Hall–Kier alpha value is -1.47. The fourth-order valence-corrected chi connectivity index (χ4v) is 2.54. The number of aromatic nitrogens is 1. The Morgan fingerprint density at radius 2 is 2.35 bits per heavy atom. The van der Waals surface area contributed by atoms with Crippen LogP contribution in [0.2, 0.25) is 0 Å². The standard InChI is InChI=1S/C10H16N4O2S/c1-2-4-9(10(11)12)14-17(15,16)8-5-3-6-13-7-8/h3,5-7,9,14H,2,4H2,1H3,(H3,11,12). The number of nitrogens with two attached hydrogens (primary N) is 1. The van der Waals surface area contributed by atoms with Crippen LogP contribution in [-0.2, 0) is 10.0 Å². The van der Waals surface area contributed by atoms with Crippen LogP contribution in [0, 0.1) is 5.41 Å². The van der Waals surface area contributed by atoms with Gasteiger partial charge in [0.25, 0.3) is 0 Å². The van der Waals surface area contributed by atoms with Crippen molar-refractivity contribution < 1.29 is 8.42 Å². The molecule has 7 heteroatoms. The molecule has 0 aliphatic rings. The number of pyridine rings is 1. The highest BCUT2D eigenvalue weighted by Gasteiger charge is 2.21. The Labute approximate surface area is 101 Å². The summed E-state index contributed by atoms with van der Waals surface area (Å²) in [7, 11) is -3.66. The average Bonchev–Trinajstić information content (AvgIpc) is 2.29. The van der Waals surface area contributed by atoms with E-state index >= 15 is 0 Å². The van der Waals surface area contributed by atoms with Gasteiger partial charge in [0.2, 0.25) is 10.0 Å². The van der Waals surface area contributed by atoms with Crippen molar-refractivity contribution >= 4 is 15.9 Å². The van der Waals surface area contributed by atoms with E-state index in [2.05, 4.69) is 9.71 Å². The molecule has 0 aliphatic carbocycles. The van der Waals surface area contributed by atoms with E-state index in [1.165, 1.54) is 24.5 Å². The molecule has 0 fully saturated rings. The molecule has 6 nitrogen and oxygen atoms in total. The minimum atomic E-state index is -3.66. The van der Waals surface area contributed by atoms with Crippen LogP contribution >= 0.6 is 0 Å². The molecule has 0 saturated carbocycles. The van der Waals surface area contributed by atoms with Gasteiger partial charge in [-0.25, -0.2) is 13.1 Å². The van der Waals surface area contributed by atoms with Gasteiger partial charge in [-0.3, -0.25) is 10.4 Å². The monoisotopic (exact) mass is 256 g/mol. The highest BCUT2D eigenvalue weighted by atomic mass is 32.2. The van der Waals surface area contributed by atoms with Gasteiger partial charge >= 0.3 is 0 Å². The fraction of sp³-hybridized carbons (Fsp3) is 0.400. The number of nitrogens with one attached hydrogen (secondary N) is 2. The first kappa shape index (κ1) is 13.6. The Morgan fingerprint density at radius 1 is 1.65 bits per heavy atom. The van der Waals surface area contributed by atoms with Crippen LogP contribution in [0.25, 0.3) is 0 Å². The summed E-state index contributed by atoms with van der Waals surface area (Å²) in [6, 6.07) is 2.32. The molecule has 4 N–H and O–H groups in total. The van der Waals surface area contributed by atoms with Gasteiger partial charge in [0.15, 0.2) is 0 Å². The SMILES string of the molecule is CCCC(NS(=O)(=O)c1cccnc1)C(=N)N. The number of rotatable bonds is 6. The number of sulfonamides is 1. The van der Waals surface area contributed by atoms with Gasteiger partial charge < -0.3 is 5.73 Å². The smallest absolute Gasteiger partial charge is 0.242 e. The van der Waals surface area contributed by atoms with E-state index in [9.17, 15) is 8.42 Å². The number of amidine groups is 1. The quantitative estimate of drug-likeness (QED) is 0.507. The van der Waals surface area contributed by atoms with Crippen LogP contribution in [0.15, 0.2) is 29.4 Å². The largest absolute Gasteiger partial charge is 0.386 e. The lowest BCUT2D eigenvalue weighted by Crippen LogP contribution is -2.43. The molecule has 1 aromatic heterocycles. The van der Waals surface area contributed by atoms with Crippen molar-refractivity contribution in [2.24, 2.45) is 5.73 Å². The fourth-order valence-electron chi connectivity index (χ4n) is 1.33. The molecule has 0 bridgehead atoms. The van der Waals surface area contributed by atoms with E-state index in [0.717, 1.165) is 6.42 Å². The van der Waals surface area contributed by atoms with Crippen molar-refractivity contribution in [1.82, 2.24) is 9.71 Å². The topological polar surface area (TPSA) is 109 Å². The predicted molar refractivity (Wildman–Crippen MR) is 65.2 cm³/mol. The maximum absolute atomic E-state index is 11.9. The minimum absolute atomic E-state index is 0.0716. The van der Waals surface area contributed by atoms with Gasteiger partial charge in [-0.1, -0.05) is 13.3 Å². The molecule has 0 saturated heterocycles. The molecule has 0 aliphatic heterocycles. The number of nitrogens with zero attached hydrogens (tertiary/aromatic N) is 1. The summed E-state index contributed by atoms with van der Waals surface area (Å²) < 4.78 is 26.2. The van der Waals surface area contributed by atoms with Crippen LogP contribution in [0.5, 0.6) is 0 Å².